The number of carbonyl (C=O) groups is 2. The zero-order valence-electron chi connectivity index (χ0n) is 18.0. The third-order valence-electron chi connectivity index (χ3n) is 4.61. The van der Waals surface area contributed by atoms with Crippen LogP contribution in [0.15, 0.2) is 66.0 Å². The summed E-state index contributed by atoms with van der Waals surface area (Å²) in [5, 5.41) is 0. The summed E-state index contributed by atoms with van der Waals surface area (Å²) in [4.78, 5) is 26.2. The van der Waals surface area contributed by atoms with Gasteiger partial charge in [0.1, 0.15) is 5.70 Å². The van der Waals surface area contributed by atoms with E-state index in [2.05, 4.69) is 0 Å². The molecule has 35 heavy (non-hydrogen) atoms. The fourth-order valence-corrected chi connectivity index (χ4v) is 3.51. The van der Waals surface area contributed by atoms with Crippen LogP contribution in [0.4, 0.5) is 27.6 Å². The number of hydrogen-bond acceptors (Lipinski definition) is 6. The molecule has 0 saturated heterocycles. The van der Waals surface area contributed by atoms with Crippen LogP contribution in [-0.4, -0.2) is 26.2 Å². The molecule has 6 nitrogen and oxygen atoms in total. The van der Waals surface area contributed by atoms with Crippen molar-refractivity contribution in [2.24, 2.45) is 0 Å². The lowest BCUT2D eigenvalue weighted by Gasteiger charge is -2.25. The highest BCUT2D eigenvalue weighted by Gasteiger charge is 2.34. The lowest BCUT2D eigenvalue weighted by molar-refractivity contribution is -0.139. The maximum atomic E-state index is 14.5. The molecule has 184 valence electrons. The van der Waals surface area contributed by atoms with E-state index in [0.29, 0.717) is 3.57 Å². The Kier molecular flexibility index (Phi) is 7.83. The van der Waals surface area contributed by atoms with E-state index >= 15 is 0 Å². The fraction of sp³-hybridized carbons (Fsp3) is 0.130. The molecule has 1 aliphatic rings. The smallest absolute Gasteiger partial charge is 0.416 e. The van der Waals surface area contributed by atoms with Crippen molar-refractivity contribution >= 4 is 40.2 Å². The SMILES string of the molecule is COC(=O)C1=C(C(=O)OC)N(c2ccc(I)cc2Oc2c(F)cc(C(F)(F)F)cc2F)C=CC=C1. The third-order valence-corrected chi connectivity index (χ3v) is 5.28. The Bertz CT molecular complexity index is 1250. The van der Waals surface area contributed by atoms with Crippen LogP contribution in [-0.2, 0) is 25.2 Å². The molecule has 0 radical (unpaired) electrons. The summed E-state index contributed by atoms with van der Waals surface area (Å²) in [5.74, 6) is -6.31. The molecule has 1 aliphatic heterocycles. The summed E-state index contributed by atoms with van der Waals surface area (Å²) >= 11 is 1.88. The number of benzene rings is 2. The Hall–Kier alpha value is -3.42. The second-order valence-electron chi connectivity index (χ2n) is 6.80. The summed E-state index contributed by atoms with van der Waals surface area (Å²) in [6.45, 7) is 0. The third kappa shape index (κ3) is 5.63. The summed E-state index contributed by atoms with van der Waals surface area (Å²) in [6, 6.07) is 4.55. The number of alkyl halides is 3. The standard InChI is InChI=1S/C23H15F5INO5/c1-33-21(31)14-5-3-4-8-30(19(14)22(32)34-2)17-7-6-13(29)11-18(17)35-20-15(24)9-12(10-16(20)25)23(26,27)28/h3-11H,1-2H3. The number of esters is 2. The van der Waals surface area contributed by atoms with Gasteiger partial charge in [-0.1, -0.05) is 6.08 Å². The van der Waals surface area contributed by atoms with Crippen molar-refractivity contribution in [2.75, 3.05) is 19.1 Å². The van der Waals surface area contributed by atoms with Gasteiger partial charge in [0.2, 0.25) is 0 Å². The van der Waals surface area contributed by atoms with Gasteiger partial charge in [-0.25, -0.2) is 18.4 Å². The van der Waals surface area contributed by atoms with Crippen molar-refractivity contribution < 1.29 is 45.8 Å². The van der Waals surface area contributed by atoms with Crippen molar-refractivity contribution in [2.45, 2.75) is 6.18 Å². The fourth-order valence-electron chi connectivity index (χ4n) is 3.05. The van der Waals surface area contributed by atoms with Crippen LogP contribution in [0.1, 0.15) is 5.56 Å². The molecule has 0 aromatic heterocycles. The van der Waals surface area contributed by atoms with Gasteiger partial charge in [-0.2, -0.15) is 13.2 Å². The van der Waals surface area contributed by atoms with Crippen LogP contribution in [0.25, 0.3) is 0 Å². The van der Waals surface area contributed by atoms with Crippen molar-refractivity contribution in [3.05, 3.63) is 86.8 Å². The average molecular weight is 607 g/mol. The van der Waals surface area contributed by atoms with E-state index in [1.807, 2.05) is 22.6 Å². The van der Waals surface area contributed by atoms with Crippen LogP contribution in [0.3, 0.4) is 0 Å². The molecule has 0 saturated carbocycles. The average Bonchev–Trinajstić information content (AvgIpc) is 3.02. The minimum atomic E-state index is -4.97. The van der Waals surface area contributed by atoms with Gasteiger partial charge in [-0.05, 0) is 65.1 Å². The number of halogens is 6. The molecule has 0 atom stereocenters. The molecule has 0 amide bonds. The minimum Gasteiger partial charge on any atom is -0.465 e. The topological polar surface area (TPSA) is 65.1 Å². The molecule has 2 aromatic carbocycles. The number of hydrogen-bond donors (Lipinski definition) is 0. The first-order valence-electron chi connectivity index (χ1n) is 9.56. The number of carbonyl (C=O) groups excluding carboxylic acids is 2. The van der Waals surface area contributed by atoms with E-state index in [1.165, 1.54) is 41.5 Å². The highest BCUT2D eigenvalue weighted by atomic mass is 127. The zero-order chi connectivity index (χ0) is 25.9. The highest BCUT2D eigenvalue weighted by Crippen LogP contribution is 2.40. The van der Waals surface area contributed by atoms with Crippen LogP contribution in [0.5, 0.6) is 11.5 Å². The Morgan fingerprint density at radius 1 is 0.943 bits per heavy atom. The number of nitrogens with zero attached hydrogens (tertiary/aromatic N) is 1. The lowest BCUT2D eigenvalue weighted by atomic mass is 10.1. The van der Waals surface area contributed by atoms with Gasteiger partial charge < -0.3 is 19.1 Å². The molecule has 1 heterocycles. The summed E-state index contributed by atoms with van der Waals surface area (Å²) < 4.78 is 83.2. The summed E-state index contributed by atoms with van der Waals surface area (Å²) in [7, 11) is 2.19. The molecular weight excluding hydrogens is 592 g/mol. The Labute approximate surface area is 209 Å². The van der Waals surface area contributed by atoms with Crippen LogP contribution < -0.4 is 9.64 Å². The Morgan fingerprint density at radius 3 is 2.14 bits per heavy atom. The predicted octanol–water partition coefficient (Wildman–Crippen LogP) is 5.87. The zero-order valence-corrected chi connectivity index (χ0v) is 20.1. The molecule has 0 N–H and O–H groups in total. The van der Waals surface area contributed by atoms with E-state index in [1.54, 1.807) is 6.07 Å². The number of rotatable bonds is 5. The predicted molar refractivity (Wildman–Crippen MR) is 122 cm³/mol. The maximum Gasteiger partial charge on any atom is 0.416 e. The highest BCUT2D eigenvalue weighted by molar-refractivity contribution is 14.1. The quantitative estimate of drug-likeness (QED) is 0.241. The van der Waals surface area contributed by atoms with E-state index in [-0.39, 0.29) is 34.8 Å². The van der Waals surface area contributed by atoms with Crippen LogP contribution in [0, 0.1) is 15.2 Å². The number of methoxy groups -OCH3 is 2. The van der Waals surface area contributed by atoms with E-state index < -0.39 is 41.1 Å². The summed E-state index contributed by atoms with van der Waals surface area (Å²) in [5.41, 5.74) is -2.00. The first-order chi connectivity index (χ1) is 16.5. The van der Waals surface area contributed by atoms with Crippen molar-refractivity contribution in [1.82, 2.24) is 0 Å². The monoisotopic (exact) mass is 607 g/mol. The van der Waals surface area contributed by atoms with Crippen LogP contribution in [0.2, 0.25) is 0 Å². The van der Waals surface area contributed by atoms with E-state index in [9.17, 15) is 31.5 Å². The van der Waals surface area contributed by atoms with E-state index in [4.69, 9.17) is 14.2 Å². The molecule has 0 aliphatic carbocycles. The number of ether oxygens (including phenoxy) is 3. The molecular formula is C23H15F5INO5. The molecule has 0 spiro atoms. The lowest BCUT2D eigenvalue weighted by Crippen LogP contribution is -2.27. The van der Waals surface area contributed by atoms with Gasteiger partial charge in [0.05, 0.1) is 31.0 Å². The Balaban J connectivity index is 2.19. The largest absolute Gasteiger partial charge is 0.465 e. The van der Waals surface area contributed by atoms with Gasteiger partial charge in [-0.15, -0.1) is 0 Å². The first kappa shape index (κ1) is 26.2. The molecule has 3 rings (SSSR count). The molecule has 0 unspecified atom stereocenters. The van der Waals surface area contributed by atoms with Gasteiger partial charge in [0.25, 0.3) is 0 Å². The van der Waals surface area contributed by atoms with Gasteiger partial charge in [0, 0.05) is 9.77 Å². The van der Waals surface area contributed by atoms with Gasteiger partial charge >= 0.3 is 18.1 Å². The number of allylic oxidation sites excluding steroid dienone is 2. The second-order valence-corrected chi connectivity index (χ2v) is 8.04. The normalized spacial score (nSPS) is 13.5. The van der Waals surface area contributed by atoms with Crippen molar-refractivity contribution in [3.63, 3.8) is 0 Å². The minimum absolute atomic E-state index is 0.0193. The number of anilines is 1. The van der Waals surface area contributed by atoms with Crippen LogP contribution >= 0.6 is 22.6 Å². The molecule has 0 fully saturated rings. The first-order valence-corrected chi connectivity index (χ1v) is 10.6. The maximum absolute atomic E-state index is 14.5. The van der Waals surface area contributed by atoms with Crippen molar-refractivity contribution in [1.29, 1.82) is 0 Å². The van der Waals surface area contributed by atoms with Gasteiger partial charge in [0.15, 0.2) is 23.1 Å². The molecule has 12 heteroatoms. The summed E-state index contributed by atoms with van der Waals surface area (Å²) in [6.07, 6.45) is 0.587. The van der Waals surface area contributed by atoms with Gasteiger partial charge in [-0.3, -0.25) is 0 Å². The second kappa shape index (κ2) is 10.5. The van der Waals surface area contributed by atoms with Crippen molar-refractivity contribution in [3.8, 4) is 11.5 Å². The Morgan fingerprint density at radius 2 is 1.57 bits per heavy atom. The molecule has 0 bridgehead atoms. The molecule has 2 aromatic rings. The van der Waals surface area contributed by atoms with E-state index in [0.717, 1.165) is 14.2 Å².